The van der Waals surface area contributed by atoms with Gasteiger partial charge in [-0.2, -0.15) is 0 Å². The van der Waals surface area contributed by atoms with Gasteiger partial charge in [0.25, 0.3) is 0 Å². The minimum atomic E-state index is -0.0629. The van der Waals surface area contributed by atoms with Gasteiger partial charge in [-0.25, -0.2) is 0 Å². The van der Waals surface area contributed by atoms with E-state index in [1.807, 2.05) is 6.92 Å². The molecule has 0 saturated heterocycles. The minimum Gasteiger partial charge on any atom is -0.504 e. The van der Waals surface area contributed by atoms with Gasteiger partial charge in [0.2, 0.25) is 0 Å². The Kier molecular flexibility index (Phi) is 10.3. The Morgan fingerprint density at radius 1 is 1.23 bits per heavy atom. The fourth-order valence-corrected chi connectivity index (χ4v) is 3.93. The fraction of sp³-hybridized carbons (Fsp3) is 0.625. The van der Waals surface area contributed by atoms with Crippen molar-refractivity contribution in [2.45, 2.75) is 89.6 Å². The molecule has 2 rings (SSSR count). The molecule has 0 aliphatic heterocycles. The van der Waals surface area contributed by atoms with E-state index in [1.165, 1.54) is 26.4 Å². The maximum Gasteiger partial charge on any atom is 0.189 e. The van der Waals surface area contributed by atoms with Gasteiger partial charge in [0.15, 0.2) is 17.5 Å². The van der Waals surface area contributed by atoms with Gasteiger partial charge in [0.05, 0.1) is 19.6 Å². The number of nitrogens with two attached hydrogens (primary N) is 1. The second kappa shape index (κ2) is 13.0. The summed E-state index contributed by atoms with van der Waals surface area (Å²) in [6.07, 6.45) is 8.65. The molecular formula is C24H37N3O4. The molecule has 0 radical (unpaired) electrons. The van der Waals surface area contributed by atoms with Crippen LogP contribution in [0.15, 0.2) is 23.2 Å². The number of aliphatic imine (C=N–C) groups is 1. The first-order chi connectivity index (χ1) is 14.9. The van der Waals surface area contributed by atoms with E-state index < -0.39 is 0 Å². The summed E-state index contributed by atoms with van der Waals surface area (Å²) in [5.41, 5.74) is 6.91. The van der Waals surface area contributed by atoms with Crippen molar-refractivity contribution < 1.29 is 19.4 Å². The van der Waals surface area contributed by atoms with Gasteiger partial charge in [0.1, 0.15) is 11.6 Å². The van der Waals surface area contributed by atoms with Gasteiger partial charge in [-0.1, -0.05) is 25.3 Å². The van der Waals surface area contributed by atoms with Crippen molar-refractivity contribution in [3.63, 3.8) is 0 Å². The van der Waals surface area contributed by atoms with Crippen LogP contribution in [-0.4, -0.2) is 41.8 Å². The lowest BCUT2D eigenvalue weighted by Gasteiger charge is -2.20. The van der Waals surface area contributed by atoms with Gasteiger partial charge in [-0.05, 0) is 56.7 Å². The van der Waals surface area contributed by atoms with Crippen molar-refractivity contribution in [2.75, 3.05) is 7.11 Å². The predicted octanol–water partition coefficient (Wildman–Crippen LogP) is 3.66. The van der Waals surface area contributed by atoms with Crippen LogP contribution in [0, 0.1) is 0 Å². The highest BCUT2D eigenvalue weighted by Gasteiger charge is 2.14. The number of benzene rings is 1. The number of nitrogens with one attached hydrogen (secondary N) is 1. The number of Topliss-reactive ketones (excluding diaryl/α,β-unsaturated/α-hetero) is 2. The molecule has 1 aromatic carbocycles. The number of aromatic hydroxyl groups is 1. The number of nitrogens with zero attached hydrogens (tertiary/aromatic N) is 1. The molecule has 1 aromatic rings. The molecule has 172 valence electrons. The summed E-state index contributed by atoms with van der Waals surface area (Å²) in [7, 11) is 1.48. The molecule has 1 aliphatic carbocycles. The van der Waals surface area contributed by atoms with Crippen LogP contribution in [0.25, 0.3) is 0 Å². The van der Waals surface area contributed by atoms with Crippen molar-refractivity contribution in [1.29, 1.82) is 0 Å². The van der Waals surface area contributed by atoms with E-state index in [4.69, 9.17) is 10.5 Å². The Morgan fingerprint density at radius 2 is 1.94 bits per heavy atom. The van der Waals surface area contributed by atoms with Crippen LogP contribution in [0.1, 0.15) is 76.7 Å². The predicted molar refractivity (Wildman–Crippen MR) is 123 cm³/mol. The summed E-state index contributed by atoms with van der Waals surface area (Å²) in [4.78, 5) is 28.8. The van der Waals surface area contributed by atoms with E-state index in [-0.39, 0.29) is 29.8 Å². The topological polar surface area (TPSA) is 114 Å². The summed E-state index contributed by atoms with van der Waals surface area (Å²) >= 11 is 0. The van der Waals surface area contributed by atoms with Crippen LogP contribution < -0.4 is 15.8 Å². The summed E-state index contributed by atoms with van der Waals surface area (Å²) < 4.78 is 5.07. The number of guanidine groups is 1. The summed E-state index contributed by atoms with van der Waals surface area (Å²) in [6, 6.07) is 5.49. The molecule has 0 heterocycles. The molecule has 4 N–H and O–H groups in total. The highest BCUT2D eigenvalue weighted by molar-refractivity contribution is 5.99. The molecule has 0 amide bonds. The smallest absolute Gasteiger partial charge is 0.189 e. The summed E-state index contributed by atoms with van der Waals surface area (Å²) in [6.45, 7) is 2.03. The number of phenols is 1. The highest BCUT2D eigenvalue weighted by Crippen LogP contribution is 2.26. The van der Waals surface area contributed by atoms with Crippen molar-refractivity contribution in [3.05, 3.63) is 23.8 Å². The van der Waals surface area contributed by atoms with Gasteiger partial charge >= 0.3 is 0 Å². The van der Waals surface area contributed by atoms with Gasteiger partial charge in [-0.3, -0.25) is 14.6 Å². The van der Waals surface area contributed by atoms with Crippen LogP contribution >= 0.6 is 0 Å². The van der Waals surface area contributed by atoms with Crippen LogP contribution in [0.5, 0.6) is 11.5 Å². The lowest BCUT2D eigenvalue weighted by molar-refractivity contribution is -0.127. The molecule has 0 aromatic heterocycles. The Hall–Kier alpha value is -2.57. The largest absolute Gasteiger partial charge is 0.504 e. The van der Waals surface area contributed by atoms with Crippen molar-refractivity contribution in [1.82, 2.24) is 5.32 Å². The third-order valence-electron chi connectivity index (χ3n) is 5.71. The molecule has 1 saturated carbocycles. The number of rotatable bonds is 12. The van der Waals surface area contributed by atoms with Crippen LogP contribution in [0.2, 0.25) is 0 Å². The zero-order chi connectivity index (χ0) is 22.6. The maximum absolute atomic E-state index is 12.1. The third-order valence-corrected chi connectivity index (χ3v) is 5.71. The first-order valence-corrected chi connectivity index (χ1v) is 11.4. The zero-order valence-corrected chi connectivity index (χ0v) is 18.9. The number of carbonyl (C=O) groups is 2. The molecule has 0 bridgehead atoms. The van der Waals surface area contributed by atoms with E-state index in [9.17, 15) is 14.7 Å². The number of hydrogen-bond donors (Lipinski definition) is 3. The number of ether oxygens (including phenoxy) is 1. The van der Waals surface area contributed by atoms with Gasteiger partial charge < -0.3 is 20.9 Å². The molecule has 1 fully saturated rings. The number of carbonyl (C=O) groups excluding carboxylic acids is 2. The fourth-order valence-electron chi connectivity index (χ4n) is 3.93. The molecular weight excluding hydrogens is 394 g/mol. The normalized spacial score (nSPS) is 16.0. The van der Waals surface area contributed by atoms with Crippen LogP contribution in [0.3, 0.4) is 0 Å². The lowest BCUT2D eigenvalue weighted by atomic mass is 9.96. The van der Waals surface area contributed by atoms with Crippen molar-refractivity contribution in [2.24, 2.45) is 10.7 Å². The van der Waals surface area contributed by atoms with Crippen molar-refractivity contribution in [3.8, 4) is 11.5 Å². The molecule has 7 heteroatoms. The molecule has 1 atom stereocenters. The monoisotopic (exact) mass is 431 g/mol. The SMILES string of the molecule is COc1cc(CCC(=O)CC(=O)CCCC(C)NC(N)=NC2CCCCC2)ccc1O. The Balaban J connectivity index is 1.62. The summed E-state index contributed by atoms with van der Waals surface area (Å²) in [5.74, 6) is 0.856. The van der Waals surface area contributed by atoms with E-state index in [1.54, 1.807) is 18.2 Å². The minimum absolute atomic E-state index is 0.0238. The average molecular weight is 432 g/mol. The Bertz CT molecular complexity index is 757. The van der Waals surface area contributed by atoms with Crippen molar-refractivity contribution >= 4 is 17.5 Å². The van der Waals surface area contributed by atoms with E-state index in [2.05, 4.69) is 10.3 Å². The standard InChI is InChI=1S/C24H37N3O4/c1-17(26-24(25)27-19-8-4-3-5-9-19)7-6-10-20(28)16-21(29)13-11-18-12-14-22(30)23(15-18)31-2/h12,14-15,17,19,30H,3-11,13,16H2,1-2H3,(H3,25,26,27). The second-order valence-corrected chi connectivity index (χ2v) is 8.50. The molecule has 1 unspecified atom stereocenters. The van der Waals surface area contributed by atoms with E-state index >= 15 is 0 Å². The van der Waals surface area contributed by atoms with Gasteiger partial charge in [-0.15, -0.1) is 0 Å². The molecule has 7 nitrogen and oxygen atoms in total. The molecule has 0 spiro atoms. The summed E-state index contributed by atoms with van der Waals surface area (Å²) in [5, 5.41) is 12.8. The van der Waals surface area contributed by atoms with Gasteiger partial charge in [0, 0.05) is 18.9 Å². The molecule has 1 aliphatic rings. The average Bonchev–Trinajstić information content (AvgIpc) is 2.73. The number of aryl methyl sites for hydroxylation is 1. The first kappa shape index (κ1) is 24.7. The Morgan fingerprint density at radius 3 is 2.65 bits per heavy atom. The number of phenolic OH excluding ortho intramolecular Hbond substituents is 1. The number of hydrogen-bond acceptors (Lipinski definition) is 5. The number of ketones is 2. The van der Waals surface area contributed by atoms with E-state index in [0.29, 0.717) is 43.4 Å². The van der Waals surface area contributed by atoms with E-state index in [0.717, 1.165) is 24.8 Å². The Labute approximate surface area is 185 Å². The number of methoxy groups -OCH3 is 1. The third kappa shape index (κ3) is 9.40. The molecule has 31 heavy (non-hydrogen) atoms. The first-order valence-electron chi connectivity index (χ1n) is 11.4. The van der Waals surface area contributed by atoms with Crippen LogP contribution in [-0.2, 0) is 16.0 Å². The highest BCUT2D eigenvalue weighted by atomic mass is 16.5. The quantitative estimate of drug-likeness (QED) is 0.264. The van der Waals surface area contributed by atoms with Crippen LogP contribution in [0.4, 0.5) is 0 Å². The zero-order valence-electron chi connectivity index (χ0n) is 18.9. The second-order valence-electron chi connectivity index (χ2n) is 8.50. The maximum atomic E-state index is 12.1. The lowest BCUT2D eigenvalue weighted by Crippen LogP contribution is -2.39.